The second-order valence-corrected chi connectivity index (χ2v) is 12.3. The fraction of sp³-hybridized carbons (Fsp3) is 0.818. The van der Waals surface area contributed by atoms with Crippen molar-refractivity contribution in [3.05, 3.63) is 37.7 Å². The molecule has 1 saturated carbocycles. The minimum absolute atomic E-state index is 0.667. The van der Waals surface area contributed by atoms with Crippen LogP contribution < -0.4 is 0 Å². The monoisotopic (exact) mass is 512 g/mol. The van der Waals surface area contributed by atoms with Gasteiger partial charge in [-0.1, -0.05) is 84.1 Å². The van der Waals surface area contributed by atoms with E-state index in [0.29, 0.717) is 6.04 Å². The Hall–Kier alpha value is -1.26. The van der Waals surface area contributed by atoms with Crippen LogP contribution in [-0.4, -0.2) is 71.2 Å². The van der Waals surface area contributed by atoms with Crippen LogP contribution in [-0.2, 0) is 0 Å². The molecule has 0 aromatic heterocycles. The molecule has 0 amide bonds. The first-order chi connectivity index (χ1) is 18.2. The summed E-state index contributed by atoms with van der Waals surface area (Å²) in [5.74, 6) is 1.66. The largest absolute Gasteiger partial charge is 0.361 e. The lowest BCUT2D eigenvalue weighted by atomic mass is 9.83. The van der Waals surface area contributed by atoms with Gasteiger partial charge >= 0.3 is 0 Å². The van der Waals surface area contributed by atoms with E-state index in [-0.39, 0.29) is 0 Å². The molecule has 2 aliphatic heterocycles. The molecule has 4 nitrogen and oxygen atoms in total. The van der Waals surface area contributed by atoms with Crippen molar-refractivity contribution < 1.29 is 0 Å². The summed E-state index contributed by atoms with van der Waals surface area (Å²) in [6.07, 6.45) is 29.5. The van der Waals surface area contributed by atoms with Gasteiger partial charge in [0.1, 0.15) is 0 Å². The highest BCUT2D eigenvalue weighted by atomic mass is 15.4. The number of rotatable bonds is 18. The van der Waals surface area contributed by atoms with Gasteiger partial charge in [-0.25, -0.2) is 0 Å². The molecule has 37 heavy (non-hydrogen) atoms. The summed E-state index contributed by atoms with van der Waals surface area (Å²) in [5.41, 5.74) is 0. The van der Waals surface area contributed by atoms with Gasteiger partial charge in [0, 0.05) is 31.7 Å². The van der Waals surface area contributed by atoms with E-state index in [1.807, 2.05) is 0 Å². The molecule has 3 rings (SSSR count). The highest BCUT2D eigenvalue weighted by molar-refractivity contribution is 4.94. The smallest absolute Gasteiger partial charge is 0.0705 e. The zero-order valence-electron chi connectivity index (χ0n) is 24.7. The molecule has 0 bridgehead atoms. The number of allylic oxidation sites excluding steroid dienone is 2. The van der Waals surface area contributed by atoms with Gasteiger partial charge < -0.3 is 9.80 Å². The van der Waals surface area contributed by atoms with Crippen molar-refractivity contribution in [2.24, 2.45) is 11.8 Å². The fourth-order valence-electron chi connectivity index (χ4n) is 7.13. The van der Waals surface area contributed by atoms with Crippen LogP contribution in [0.4, 0.5) is 0 Å². The molecule has 1 aliphatic carbocycles. The molecule has 4 heteroatoms. The third kappa shape index (κ3) is 10.1. The van der Waals surface area contributed by atoms with Crippen molar-refractivity contribution in [1.29, 1.82) is 0 Å². The van der Waals surface area contributed by atoms with Crippen LogP contribution in [0.2, 0.25) is 0 Å². The van der Waals surface area contributed by atoms with E-state index in [4.69, 9.17) is 0 Å². The average Bonchev–Trinajstić information content (AvgIpc) is 3.54. The number of unbranched alkanes of at least 4 members (excludes halogenated alkanes) is 6. The minimum Gasteiger partial charge on any atom is -0.361 e. The molecule has 2 heterocycles. The lowest BCUT2D eigenvalue weighted by Gasteiger charge is -2.32. The number of hydrogen-bond donors (Lipinski definition) is 0. The van der Waals surface area contributed by atoms with Crippen LogP contribution in [0, 0.1) is 11.8 Å². The third-order valence-corrected chi connectivity index (χ3v) is 9.39. The SMILES string of the molecule is C=CN1CN(CCCCCCC/C=C/CCCN2CC(C3CCCCC3)N(C=C)C2)CC1C(C)CCC. The normalized spacial score (nSPS) is 24.9. The van der Waals surface area contributed by atoms with Crippen molar-refractivity contribution in [2.45, 2.75) is 122 Å². The van der Waals surface area contributed by atoms with Crippen LogP contribution >= 0.6 is 0 Å². The minimum atomic E-state index is 0.667. The summed E-state index contributed by atoms with van der Waals surface area (Å²) < 4.78 is 0. The van der Waals surface area contributed by atoms with Gasteiger partial charge in [-0.15, -0.1) is 0 Å². The molecule has 3 atom stereocenters. The van der Waals surface area contributed by atoms with Gasteiger partial charge in [-0.2, -0.15) is 0 Å². The number of nitrogens with zero attached hydrogens (tertiary/aromatic N) is 4. The quantitative estimate of drug-likeness (QED) is 0.137. The van der Waals surface area contributed by atoms with Gasteiger partial charge in [0.25, 0.3) is 0 Å². The first-order valence-corrected chi connectivity index (χ1v) is 16.0. The van der Waals surface area contributed by atoms with Gasteiger partial charge in [0.2, 0.25) is 0 Å². The molecule has 0 spiro atoms. The first kappa shape index (κ1) is 30.3. The summed E-state index contributed by atoms with van der Waals surface area (Å²) >= 11 is 0. The molecule has 3 unspecified atom stereocenters. The lowest BCUT2D eigenvalue weighted by Crippen LogP contribution is -2.34. The fourth-order valence-corrected chi connectivity index (χ4v) is 7.13. The molecule has 212 valence electrons. The molecule has 0 aromatic carbocycles. The van der Waals surface area contributed by atoms with Crippen LogP contribution in [0.15, 0.2) is 37.7 Å². The van der Waals surface area contributed by atoms with E-state index >= 15 is 0 Å². The van der Waals surface area contributed by atoms with Gasteiger partial charge in [-0.3, -0.25) is 9.80 Å². The Bertz CT molecular complexity index is 655. The summed E-state index contributed by atoms with van der Waals surface area (Å²) in [6, 6.07) is 1.39. The van der Waals surface area contributed by atoms with Crippen LogP contribution in [0.5, 0.6) is 0 Å². The predicted octanol–water partition coefficient (Wildman–Crippen LogP) is 7.85. The van der Waals surface area contributed by atoms with Crippen molar-refractivity contribution in [2.75, 3.05) is 39.5 Å². The molecular formula is C33H60N4. The Kier molecular flexibility index (Phi) is 14.2. The Balaban J connectivity index is 1.15. The van der Waals surface area contributed by atoms with E-state index in [2.05, 4.69) is 71.2 Å². The lowest BCUT2D eigenvalue weighted by molar-refractivity contribution is 0.210. The highest BCUT2D eigenvalue weighted by Gasteiger charge is 2.34. The van der Waals surface area contributed by atoms with E-state index in [1.54, 1.807) is 0 Å². The van der Waals surface area contributed by atoms with Crippen molar-refractivity contribution in [1.82, 2.24) is 19.6 Å². The second-order valence-electron chi connectivity index (χ2n) is 12.3. The Labute approximate surface area is 230 Å². The summed E-state index contributed by atoms with van der Waals surface area (Å²) in [6.45, 7) is 20.0. The average molecular weight is 513 g/mol. The van der Waals surface area contributed by atoms with E-state index < -0.39 is 0 Å². The molecule has 2 saturated heterocycles. The van der Waals surface area contributed by atoms with Crippen molar-refractivity contribution in [3.8, 4) is 0 Å². The zero-order valence-corrected chi connectivity index (χ0v) is 24.7. The second kappa shape index (κ2) is 17.4. The first-order valence-electron chi connectivity index (χ1n) is 16.0. The maximum absolute atomic E-state index is 4.10. The van der Waals surface area contributed by atoms with Crippen molar-refractivity contribution in [3.63, 3.8) is 0 Å². The molecule has 0 aromatic rings. The van der Waals surface area contributed by atoms with Crippen LogP contribution in [0.3, 0.4) is 0 Å². The molecule has 0 radical (unpaired) electrons. The standard InChI is InChI=1S/C33H60N4/c1-5-21-30(4)32-26-34(28-36(32)6-2)24-19-14-12-10-8-9-11-13-15-20-25-35-27-33(37(7-3)29-35)31-22-17-16-18-23-31/h6-7,11,13,30-33H,2-3,5,8-10,12,14-29H2,1,4H3/b13-11+. The van der Waals surface area contributed by atoms with Crippen LogP contribution in [0.1, 0.15) is 110 Å². The third-order valence-electron chi connectivity index (χ3n) is 9.39. The summed E-state index contributed by atoms with van der Waals surface area (Å²) in [7, 11) is 0. The maximum atomic E-state index is 4.10. The van der Waals surface area contributed by atoms with Crippen molar-refractivity contribution >= 4 is 0 Å². The highest BCUT2D eigenvalue weighted by Crippen LogP contribution is 2.32. The van der Waals surface area contributed by atoms with Crippen LogP contribution in [0.25, 0.3) is 0 Å². The number of hydrogen-bond acceptors (Lipinski definition) is 4. The Morgan fingerprint density at radius 3 is 2.11 bits per heavy atom. The summed E-state index contributed by atoms with van der Waals surface area (Å²) in [5, 5.41) is 0. The van der Waals surface area contributed by atoms with Gasteiger partial charge in [-0.05, 0) is 82.1 Å². The van der Waals surface area contributed by atoms with E-state index in [1.165, 1.54) is 122 Å². The predicted molar refractivity (Wildman–Crippen MR) is 161 cm³/mol. The topological polar surface area (TPSA) is 13.0 Å². The van der Waals surface area contributed by atoms with E-state index in [9.17, 15) is 0 Å². The Morgan fingerprint density at radius 2 is 1.38 bits per heavy atom. The van der Waals surface area contributed by atoms with Gasteiger partial charge in [0.15, 0.2) is 0 Å². The maximum Gasteiger partial charge on any atom is 0.0705 e. The molecular weight excluding hydrogens is 452 g/mol. The van der Waals surface area contributed by atoms with E-state index in [0.717, 1.165) is 31.2 Å². The molecule has 3 fully saturated rings. The molecule has 0 N–H and O–H groups in total. The Morgan fingerprint density at radius 1 is 0.757 bits per heavy atom. The molecule has 3 aliphatic rings. The summed E-state index contributed by atoms with van der Waals surface area (Å²) in [4.78, 5) is 10.3. The zero-order chi connectivity index (χ0) is 26.3. The van der Waals surface area contributed by atoms with Gasteiger partial charge in [0.05, 0.1) is 13.3 Å².